The molecule has 0 aliphatic heterocycles. The van der Waals surface area contributed by atoms with Gasteiger partial charge >= 0.3 is 6.36 Å². The van der Waals surface area contributed by atoms with Gasteiger partial charge in [0.1, 0.15) is 11.6 Å². The minimum Gasteiger partial charge on any atom is -0.405 e. The van der Waals surface area contributed by atoms with Crippen molar-refractivity contribution in [1.29, 1.82) is 0 Å². The van der Waals surface area contributed by atoms with Gasteiger partial charge in [-0.2, -0.15) is 0 Å². The Morgan fingerprint density at radius 2 is 2.07 bits per heavy atom. The fourth-order valence-electron chi connectivity index (χ4n) is 0.992. The predicted octanol–water partition coefficient (Wildman–Crippen LogP) is 1.33. The summed E-state index contributed by atoms with van der Waals surface area (Å²) in [6, 6.07) is 1.12. The van der Waals surface area contributed by atoms with Gasteiger partial charge < -0.3 is 16.2 Å². The van der Waals surface area contributed by atoms with Gasteiger partial charge in [0.15, 0.2) is 0 Å². The number of halogens is 3. The molecule has 15 heavy (non-hydrogen) atoms. The maximum atomic E-state index is 12.0. The van der Waals surface area contributed by atoms with Crippen LogP contribution in [0, 0.1) is 6.92 Å². The summed E-state index contributed by atoms with van der Waals surface area (Å²) in [4.78, 5) is 3.79. The summed E-state index contributed by atoms with van der Waals surface area (Å²) >= 11 is 0. The van der Waals surface area contributed by atoms with Crippen LogP contribution in [-0.4, -0.2) is 11.3 Å². The number of anilines is 1. The Bertz CT molecular complexity index is 365. The Labute approximate surface area is 84.0 Å². The highest BCUT2D eigenvalue weighted by molar-refractivity contribution is 5.49. The van der Waals surface area contributed by atoms with Gasteiger partial charge in [-0.05, 0) is 6.92 Å². The monoisotopic (exact) mass is 221 g/mol. The second-order valence-corrected chi connectivity index (χ2v) is 2.87. The fourth-order valence-corrected chi connectivity index (χ4v) is 0.992. The topological polar surface area (TPSA) is 74.2 Å². The first-order chi connectivity index (χ1) is 6.83. The number of nitrogen functional groups attached to an aromatic ring is 1. The first-order valence-electron chi connectivity index (χ1n) is 4.05. The van der Waals surface area contributed by atoms with Crippen molar-refractivity contribution in [2.24, 2.45) is 5.73 Å². The molecule has 4 N–H and O–H groups in total. The second-order valence-electron chi connectivity index (χ2n) is 2.87. The van der Waals surface area contributed by atoms with Crippen molar-refractivity contribution in [3.63, 3.8) is 0 Å². The van der Waals surface area contributed by atoms with Crippen molar-refractivity contribution >= 4 is 5.82 Å². The Hall–Kier alpha value is -1.50. The van der Waals surface area contributed by atoms with E-state index in [4.69, 9.17) is 11.5 Å². The second kappa shape index (κ2) is 3.93. The van der Waals surface area contributed by atoms with Crippen LogP contribution in [0.2, 0.25) is 0 Å². The summed E-state index contributed by atoms with van der Waals surface area (Å²) < 4.78 is 39.7. The van der Waals surface area contributed by atoms with Crippen LogP contribution in [0.4, 0.5) is 19.0 Å². The third-order valence-electron chi connectivity index (χ3n) is 1.75. The van der Waals surface area contributed by atoms with Crippen molar-refractivity contribution in [1.82, 2.24) is 4.98 Å². The van der Waals surface area contributed by atoms with Gasteiger partial charge in [0, 0.05) is 18.2 Å². The molecule has 0 aromatic carbocycles. The molecule has 84 valence electrons. The molecular formula is C8H10F3N3O. The molecule has 0 aliphatic rings. The van der Waals surface area contributed by atoms with E-state index in [-0.39, 0.29) is 29.4 Å². The highest BCUT2D eigenvalue weighted by Gasteiger charge is 2.32. The van der Waals surface area contributed by atoms with Gasteiger partial charge in [-0.15, -0.1) is 13.2 Å². The molecule has 1 aromatic rings. The van der Waals surface area contributed by atoms with E-state index in [0.717, 1.165) is 6.07 Å². The standard InChI is InChI=1S/C8H10F3N3O/c1-4-6(15-8(9,10)11)2-5(3-12)14-7(4)13/h2H,3,12H2,1H3,(H2,13,14). The van der Waals surface area contributed by atoms with Gasteiger partial charge in [0.05, 0.1) is 5.69 Å². The molecule has 0 bridgehead atoms. The average molecular weight is 221 g/mol. The van der Waals surface area contributed by atoms with Gasteiger partial charge in [-0.25, -0.2) is 4.98 Å². The minimum absolute atomic E-state index is 0.00129. The zero-order chi connectivity index (χ0) is 11.6. The predicted molar refractivity (Wildman–Crippen MR) is 48.0 cm³/mol. The smallest absolute Gasteiger partial charge is 0.405 e. The third kappa shape index (κ3) is 2.98. The van der Waals surface area contributed by atoms with E-state index in [2.05, 4.69) is 9.72 Å². The molecule has 0 amide bonds. The SMILES string of the molecule is Cc1c(OC(F)(F)F)cc(CN)nc1N. The first kappa shape index (κ1) is 11.6. The zero-order valence-electron chi connectivity index (χ0n) is 7.93. The highest BCUT2D eigenvalue weighted by atomic mass is 19.4. The summed E-state index contributed by atoms with van der Waals surface area (Å²) in [7, 11) is 0. The molecule has 0 unspecified atom stereocenters. The van der Waals surface area contributed by atoms with Gasteiger partial charge in [-0.1, -0.05) is 0 Å². The molecule has 0 spiro atoms. The molecule has 0 atom stereocenters. The van der Waals surface area contributed by atoms with Crippen molar-refractivity contribution in [2.75, 3.05) is 5.73 Å². The molecule has 0 radical (unpaired) electrons. The number of pyridine rings is 1. The van der Waals surface area contributed by atoms with Crippen LogP contribution in [0.1, 0.15) is 11.3 Å². The van der Waals surface area contributed by atoms with Crippen LogP contribution in [0.3, 0.4) is 0 Å². The number of ether oxygens (including phenoxy) is 1. The molecule has 7 heteroatoms. The van der Waals surface area contributed by atoms with Crippen molar-refractivity contribution in [3.8, 4) is 5.75 Å². The Kier molecular flexibility index (Phi) is 3.04. The molecule has 0 saturated carbocycles. The number of hydrogen-bond acceptors (Lipinski definition) is 4. The number of alkyl halides is 3. The lowest BCUT2D eigenvalue weighted by atomic mass is 10.2. The number of nitrogens with zero attached hydrogens (tertiary/aromatic N) is 1. The van der Waals surface area contributed by atoms with Crippen LogP contribution in [0.25, 0.3) is 0 Å². The Balaban J connectivity index is 3.11. The molecular weight excluding hydrogens is 211 g/mol. The van der Waals surface area contributed by atoms with E-state index in [0.29, 0.717) is 0 Å². The normalized spacial score (nSPS) is 11.5. The molecule has 0 fully saturated rings. The number of rotatable bonds is 2. The summed E-state index contributed by atoms with van der Waals surface area (Å²) in [6.45, 7) is 1.39. The minimum atomic E-state index is -4.75. The lowest BCUT2D eigenvalue weighted by Crippen LogP contribution is -2.19. The maximum absolute atomic E-state index is 12.0. The van der Waals surface area contributed by atoms with Crippen molar-refractivity contribution in [3.05, 3.63) is 17.3 Å². The molecule has 1 heterocycles. The fraction of sp³-hybridized carbons (Fsp3) is 0.375. The lowest BCUT2D eigenvalue weighted by Gasteiger charge is -2.13. The maximum Gasteiger partial charge on any atom is 0.573 e. The summed E-state index contributed by atoms with van der Waals surface area (Å²) in [5, 5.41) is 0. The van der Waals surface area contributed by atoms with Crippen molar-refractivity contribution in [2.45, 2.75) is 19.8 Å². The van der Waals surface area contributed by atoms with Crippen LogP contribution in [-0.2, 0) is 6.54 Å². The van der Waals surface area contributed by atoms with E-state index in [1.54, 1.807) is 0 Å². The van der Waals surface area contributed by atoms with E-state index in [1.807, 2.05) is 0 Å². The van der Waals surface area contributed by atoms with Crippen molar-refractivity contribution < 1.29 is 17.9 Å². The number of nitrogens with two attached hydrogens (primary N) is 2. The van der Waals surface area contributed by atoms with E-state index in [9.17, 15) is 13.2 Å². The summed E-state index contributed by atoms with van der Waals surface area (Å²) in [6.07, 6.45) is -4.75. The van der Waals surface area contributed by atoms with E-state index in [1.165, 1.54) is 6.92 Å². The average Bonchev–Trinajstić information content (AvgIpc) is 2.10. The Morgan fingerprint density at radius 1 is 1.47 bits per heavy atom. The first-order valence-corrected chi connectivity index (χ1v) is 4.05. The van der Waals surface area contributed by atoms with Gasteiger partial charge in [-0.3, -0.25) is 0 Å². The highest BCUT2D eigenvalue weighted by Crippen LogP contribution is 2.28. The zero-order valence-corrected chi connectivity index (χ0v) is 7.93. The largest absolute Gasteiger partial charge is 0.573 e. The van der Waals surface area contributed by atoms with E-state index < -0.39 is 6.36 Å². The third-order valence-corrected chi connectivity index (χ3v) is 1.75. The van der Waals surface area contributed by atoms with E-state index >= 15 is 0 Å². The molecule has 1 rings (SSSR count). The quantitative estimate of drug-likeness (QED) is 0.790. The van der Waals surface area contributed by atoms with Crippen LogP contribution in [0.15, 0.2) is 6.07 Å². The summed E-state index contributed by atoms with van der Waals surface area (Å²) in [5.41, 5.74) is 11.0. The van der Waals surface area contributed by atoms with Gasteiger partial charge in [0.2, 0.25) is 0 Å². The summed E-state index contributed by atoms with van der Waals surface area (Å²) in [5.74, 6) is -0.382. The number of hydrogen-bond donors (Lipinski definition) is 2. The number of aromatic nitrogens is 1. The molecule has 0 aliphatic carbocycles. The lowest BCUT2D eigenvalue weighted by molar-refractivity contribution is -0.274. The van der Waals surface area contributed by atoms with Gasteiger partial charge in [0.25, 0.3) is 0 Å². The van der Waals surface area contributed by atoms with Crippen LogP contribution >= 0.6 is 0 Å². The molecule has 0 saturated heterocycles. The Morgan fingerprint density at radius 3 is 2.53 bits per heavy atom. The van der Waals surface area contributed by atoms with Crippen LogP contribution < -0.4 is 16.2 Å². The van der Waals surface area contributed by atoms with Crippen LogP contribution in [0.5, 0.6) is 5.75 Å². The molecule has 1 aromatic heterocycles. The molecule has 4 nitrogen and oxygen atoms in total.